The lowest BCUT2D eigenvalue weighted by Gasteiger charge is -2.47. The van der Waals surface area contributed by atoms with E-state index in [1.54, 1.807) is 20.2 Å². The van der Waals surface area contributed by atoms with E-state index in [-0.39, 0.29) is 18.0 Å². The molecule has 1 aromatic carbocycles. The maximum atomic E-state index is 8.97. The predicted octanol–water partition coefficient (Wildman–Crippen LogP) is 4.04. The Morgan fingerprint density at radius 2 is 2.16 bits per heavy atom. The minimum atomic E-state index is -2.05. The molecule has 0 amide bonds. The van der Waals surface area contributed by atoms with Gasteiger partial charge >= 0.3 is 0 Å². The SMILES string of the molecule is [2H]C1([2H])OC(N)=N[C@]12c1cc(-c3cncc(C#CC)c3)ccc1C[C@]21CC[C@@H](OC)[C@H](C)C1. The number of fused-ring (bicyclic) bond motifs is 3. The first kappa shape index (κ1) is 17.8. The van der Waals surface area contributed by atoms with Crippen molar-refractivity contribution in [1.82, 2.24) is 4.98 Å². The fourth-order valence-electron chi connectivity index (χ4n) is 5.91. The molecule has 2 heterocycles. The smallest absolute Gasteiger partial charge is 0.283 e. The fraction of sp³-hybridized carbons (Fsp3) is 0.462. The standard InChI is InChI=1S/C26H29N3O2/c1-4-5-18-10-21(15-28-14-18)19-6-7-20-13-25(9-8-23(30-3)17(2)12-25)26(22(20)11-19)16-31-24(27)29-26/h6-7,10-11,14-15,17,23H,8-9,12-13,16H2,1-3H3,(H2,27,29)/t17-,23-,25-,26+/m1/s1/i16D2. The van der Waals surface area contributed by atoms with E-state index >= 15 is 0 Å². The van der Waals surface area contributed by atoms with Gasteiger partial charge in [-0.15, -0.1) is 5.92 Å². The first-order valence-electron chi connectivity index (χ1n) is 11.8. The van der Waals surface area contributed by atoms with Crippen LogP contribution < -0.4 is 5.73 Å². The minimum Gasteiger partial charge on any atom is -0.462 e. The van der Waals surface area contributed by atoms with Crippen LogP contribution in [0.25, 0.3) is 11.1 Å². The molecule has 5 nitrogen and oxygen atoms in total. The fourth-order valence-corrected chi connectivity index (χ4v) is 5.91. The van der Waals surface area contributed by atoms with Crippen LogP contribution in [-0.2, 0) is 21.4 Å². The summed E-state index contributed by atoms with van der Waals surface area (Å²) < 4.78 is 29.2. The van der Waals surface area contributed by atoms with Crippen molar-refractivity contribution < 1.29 is 12.2 Å². The molecule has 31 heavy (non-hydrogen) atoms. The van der Waals surface area contributed by atoms with E-state index in [2.05, 4.69) is 41.9 Å². The Labute approximate surface area is 186 Å². The monoisotopic (exact) mass is 417 g/mol. The number of nitrogens with two attached hydrogens (primary N) is 1. The summed E-state index contributed by atoms with van der Waals surface area (Å²) in [6, 6.07) is 8.16. The summed E-state index contributed by atoms with van der Waals surface area (Å²) in [4.78, 5) is 9.13. The molecule has 160 valence electrons. The van der Waals surface area contributed by atoms with Crippen molar-refractivity contribution in [2.75, 3.05) is 13.7 Å². The predicted molar refractivity (Wildman–Crippen MR) is 121 cm³/mol. The number of methoxy groups -OCH3 is 1. The number of hydrogen-bond acceptors (Lipinski definition) is 5. The van der Waals surface area contributed by atoms with Gasteiger partial charge in [-0.25, -0.2) is 4.99 Å². The zero-order valence-corrected chi connectivity index (χ0v) is 18.2. The molecular weight excluding hydrogens is 386 g/mol. The Hall–Kier alpha value is -2.84. The molecule has 3 aliphatic rings. The Kier molecular flexibility index (Phi) is 4.24. The van der Waals surface area contributed by atoms with Crippen LogP contribution in [-0.4, -0.2) is 30.8 Å². The molecule has 2 aliphatic carbocycles. The summed E-state index contributed by atoms with van der Waals surface area (Å²) in [5.74, 6) is 6.24. The second kappa shape index (κ2) is 7.39. The van der Waals surface area contributed by atoms with E-state index in [9.17, 15) is 0 Å². The highest BCUT2D eigenvalue weighted by molar-refractivity contribution is 5.76. The molecule has 0 unspecified atom stereocenters. The third kappa shape index (κ3) is 3.04. The van der Waals surface area contributed by atoms with E-state index in [1.807, 2.05) is 12.3 Å². The summed E-state index contributed by atoms with van der Waals surface area (Å²) in [5.41, 5.74) is 9.10. The number of benzene rings is 1. The Morgan fingerprint density at radius 3 is 2.87 bits per heavy atom. The van der Waals surface area contributed by atoms with Crippen molar-refractivity contribution in [1.29, 1.82) is 0 Å². The highest BCUT2D eigenvalue weighted by Crippen LogP contribution is 2.62. The van der Waals surface area contributed by atoms with Gasteiger partial charge in [0, 0.05) is 36.0 Å². The Bertz CT molecular complexity index is 1200. The number of ether oxygens (including phenoxy) is 2. The number of pyridine rings is 1. The molecule has 5 rings (SSSR count). The molecule has 1 fully saturated rings. The molecule has 0 saturated heterocycles. The van der Waals surface area contributed by atoms with E-state index in [4.69, 9.17) is 22.9 Å². The first-order valence-corrected chi connectivity index (χ1v) is 10.8. The largest absolute Gasteiger partial charge is 0.462 e. The maximum absolute atomic E-state index is 8.97. The Balaban J connectivity index is 1.68. The average Bonchev–Trinajstić information content (AvgIpc) is 3.18. The number of rotatable bonds is 2. The molecular formula is C26H29N3O2. The van der Waals surface area contributed by atoms with Crippen LogP contribution in [0.2, 0.25) is 0 Å². The van der Waals surface area contributed by atoms with Crippen LogP contribution in [0, 0.1) is 23.2 Å². The van der Waals surface area contributed by atoms with Crippen LogP contribution in [0.4, 0.5) is 0 Å². The molecule has 2 N–H and O–H groups in total. The second-order valence-electron chi connectivity index (χ2n) is 9.03. The van der Waals surface area contributed by atoms with Gasteiger partial charge in [0.1, 0.15) is 12.1 Å². The third-order valence-corrected chi connectivity index (χ3v) is 7.28. The quantitative estimate of drug-likeness (QED) is 0.749. The number of nitrogens with zero attached hydrogens (tertiary/aromatic N) is 2. The van der Waals surface area contributed by atoms with Crippen LogP contribution in [0.15, 0.2) is 41.7 Å². The topological polar surface area (TPSA) is 69.7 Å². The minimum absolute atomic E-state index is 0.0824. The van der Waals surface area contributed by atoms with Gasteiger partial charge in [-0.3, -0.25) is 4.98 Å². The molecule has 5 heteroatoms. The number of amidine groups is 1. The van der Waals surface area contributed by atoms with Crippen molar-refractivity contribution in [3.63, 3.8) is 0 Å². The molecule has 1 saturated carbocycles. The summed E-state index contributed by atoms with van der Waals surface area (Å²) in [6.45, 7) is 1.94. The third-order valence-electron chi connectivity index (χ3n) is 7.28. The molecule has 1 aliphatic heterocycles. The number of aliphatic imine (C=N–C) groups is 1. The van der Waals surface area contributed by atoms with Gasteiger partial charge in [0.15, 0.2) is 0 Å². The van der Waals surface area contributed by atoms with E-state index in [1.165, 1.54) is 0 Å². The van der Waals surface area contributed by atoms with Crippen molar-refractivity contribution in [2.24, 2.45) is 22.1 Å². The number of hydrogen-bond donors (Lipinski definition) is 1. The zero-order chi connectivity index (χ0) is 23.4. The van der Waals surface area contributed by atoms with Gasteiger partial charge in [0.25, 0.3) is 6.02 Å². The second-order valence-corrected chi connectivity index (χ2v) is 9.03. The Morgan fingerprint density at radius 1 is 1.29 bits per heavy atom. The molecule has 0 bridgehead atoms. The first-order chi connectivity index (χ1) is 15.7. The van der Waals surface area contributed by atoms with Crippen molar-refractivity contribution in [2.45, 2.75) is 51.2 Å². The molecule has 0 radical (unpaired) electrons. The average molecular weight is 418 g/mol. The summed E-state index contributed by atoms with van der Waals surface area (Å²) >= 11 is 0. The molecule has 1 aromatic heterocycles. The van der Waals surface area contributed by atoms with Crippen LogP contribution in [0.5, 0.6) is 0 Å². The lowest BCUT2D eigenvalue weighted by atomic mass is 9.59. The van der Waals surface area contributed by atoms with Crippen molar-refractivity contribution in [3.8, 4) is 23.0 Å². The van der Waals surface area contributed by atoms with Crippen LogP contribution in [0.1, 0.15) is 52.5 Å². The normalized spacial score (nSPS) is 33.7. The van der Waals surface area contributed by atoms with Crippen molar-refractivity contribution >= 4 is 6.02 Å². The zero-order valence-electron chi connectivity index (χ0n) is 20.2. The van der Waals surface area contributed by atoms with Gasteiger partial charge in [-0.1, -0.05) is 25.0 Å². The highest BCUT2D eigenvalue weighted by atomic mass is 16.5. The summed E-state index contributed by atoms with van der Waals surface area (Å²) in [7, 11) is 1.75. The van der Waals surface area contributed by atoms with Crippen molar-refractivity contribution in [3.05, 3.63) is 53.3 Å². The van der Waals surface area contributed by atoms with E-state index < -0.39 is 17.5 Å². The maximum Gasteiger partial charge on any atom is 0.283 e. The van der Waals surface area contributed by atoms with Gasteiger partial charge in [-0.05, 0) is 67.3 Å². The lowest BCUT2D eigenvalue weighted by Crippen LogP contribution is -2.48. The van der Waals surface area contributed by atoms with Gasteiger partial charge in [0.05, 0.1) is 8.85 Å². The van der Waals surface area contributed by atoms with E-state index in [0.717, 1.165) is 53.5 Å². The van der Waals surface area contributed by atoms with Gasteiger partial charge < -0.3 is 15.2 Å². The van der Waals surface area contributed by atoms with Gasteiger partial charge in [0.2, 0.25) is 0 Å². The van der Waals surface area contributed by atoms with E-state index in [0.29, 0.717) is 0 Å². The highest BCUT2D eigenvalue weighted by Gasteiger charge is 2.62. The summed E-state index contributed by atoms with van der Waals surface area (Å²) in [5, 5.41) is 0. The lowest BCUT2D eigenvalue weighted by molar-refractivity contribution is -0.0445. The number of aromatic nitrogens is 1. The molecule has 2 aromatic rings. The molecule has 4 atom stereocenters. The van der Waals surface area contributed by atoms with Crippen LogP contribution >= 0.6 is 0 Å². The molecule has 2 spiro atoms. The van der Waals surface area contributed by atoms with Gasteiger partial charge in [-0.2, -0.15) is 0 Å². The van der Waals surface area contributed by atoms with Crippen LogP contribution in [0.3, 0.4) is 0 Å². The summed E-state index contributed by atoms with van der Waals surface area (Å²) in [6.07, 6.45) is 6.89.